The standard InChI is InChI=1S/C26H31N5O4/c27-23(32)17-35-21-10-5-9-19(13-21)30-25(33)14-20-16-31-22(11-6-12-24(31)29-20)26(34)28-15-18-7-3-1-2-4-8-18/h5-6,9-13,16,18H,1-4,7-8,14-15,17H2,(H2,27,32)(H,28,34)(H,30,33). The van der Waals surface area contributed by atoms with Crippen LogP contribution in [-0.4, -0.2) is 40.3 Å². The number of carbonyl (C=O) groups is 3. The molecule has 9 nitrogen and oxygen atoms in total. The number of hydrogen-bond donors (Lipinski definition) is 3. The van der Waals surface area contributed by atoms with E-state index in [2.05, 4.69) is 15.6 Å². The van der Waals surface area contributed by atoms with Gasteiger partial charge in [0, 0.05) is 24.5 Å². The summed E-state index contributed by atoms with van der Waals surface area (Å²) in [6.07, 6.45) is 9.11. The van der Waals surface area contributed by atoms with Crippen LogP contribution in [0.2, 0.25) is 0 Å². The van der Waals surface area contributed by atoms with Crippen molar-refractivity contribution in [3.05, 3.63) is 60.0 Å². The molecule has 1 fully saturated rings. The summed E-state index contributed by atoms with van der Waals surface area (Å²) in [6, 6.07) is 12.1. The topological polar surface area (TPSA) is 128 Å². The first-order valence-electron chi connectivity index (χ1n) is 12.0. The number of nitrogens with zero attached hydrogens (tertiary/aromatic N) is 2. The van der Waals surface area contributed by atoms with Crippen LogP contribution in [0.25, 0.3) is 5.65 Å². The lowest BCUT2D eigenvalue weighted by atomic mass is 10.0. The minimum atomic E-state index is -0.580. The first-order valence-corrected chi connectivity index (χ1v) is 12.0. The lowest BCUT2D eigenvalue weighted by molar-refractivity contribution is -0.120. The summed E-state index contributed by atoms with van der Waals surface area (Å²) in [5.74, 6) is -0.0270. The van der Waals surface area contributed by atoms with E-state index >= 15 is 0 Å². The molecule has 0 spiro atoms. The Bertz CT molecular complexity index is 1200. The Morgan fingerprint density at radius 2 is 1.83 bits per heavy atom. The average Bonchev–Trinajstić information content (AvgIpc) is 3.06. The fourth-order valence-electron chi connectivity index (χ4n) is 4.41. The van der Waals surface area contributed by atoms with E-state index in [1.54, 1.807) is 47.0 Å². The number of rotatable bonds is 9. The maximum Gasteiger partial charge on any atom is 0.268 e. The van der Waals surface area contributed by atoms with Crippen LogP contribution in [0.15, 0.2) is 48.7 Å². The number of fused-ring (bicyclic) bond motifs is 1. The molecule has 3 aromatic rings. The van der Waals surface area contributed by atoms with E-state index in [0.29, 0.717) is 40.9 Å². The van der Waals surface area contributed by atoms with Gasteiger partial charge in [-0.05, 0) is 43.0 Å². The van der Waals surface area contributed by atoms with Crippen LogP contribution in [-0.2, 0) is 16.0 Å². The molecule has 0 unspecified atom stereocenters. The molecule has 4 N–H and O–H groups in total. The van der Waals surface area contributed by atoms with Crippen LogP contribution in [0, 0.1) is 5.92 Å². The van der Waals surface area contributed by atoms with Crippen molar-refractivity contribution in [3.8, 4) is 5.75 Å². The van der Waals surface area contributed by atoms with Crippen LogP contribution in [0.5, 0.6) is 5.75 Å². The minimum Gasteiger partial charge on any atom is -0.484 e. The Hall–Kier alpha value is -3.88. The Kier molecular flexibility index (Phi) is 7.97. The average molecular weight is 478 g/mol. The third kappa shape index (κ3) is 6.81. The normalized spacial score (nSPS) is 14.3. The van der Waals surface area contributed by atoms with Crippen molar-refractivity contribution in [2.75, 3.05) is 18.5 Å². The van der Waals surface area contributed by atoms with Crippen molar-refractivity contribution in [1.82, 2.24) is 14.7 Å². The van der Waals surface area contributed by atoms with Crippen LogP contribution in [0.4, 0.5) is 5.69 Å². The number of amides is 3. The highest BCUT2D eigenvalue weighted by Gasteiger charge is 2.17. The summed E-state index contributed by atoms with van der Waals surface area (Å²) < 4.78 is 6.99. The molecule has 2 aromatic heterocycles. The lowest BCUT2D eigenvalue weighted by Gasteiger charge is -2.15. The molecular formula is C26H31N5O4. The van der Waals surface area contributed by atoms with Gasteiger partial charge in [-0.25, -0.2) is 4.98 Å². The van der Waals surface area contributed by atoms with Gasteiger partial charge in [-0.15, -0.1) is 0 Å². The zero-order valence-electron chi connectivity index (χ0n) is 19.7. The number of benzene rings is 1. The van der Waals surface area contributed by atoms with Gasteiger partial charge in [0.1, 0.15) is 17.1 Å². The molecular weight excluding hydrogens is 446 g/mol. The second-order valence-corrected chi connectivity index (χ2v) is 8.95. The monoisotopic (exact) mass is 477 g/mol. The largest absolute Gasteiger partial charge is 0.484 e. The third-order valence-electron chi connectivity index (χ3n) is 6.14. The number of nitrogens with one attached hydrogen (secondary N) is 2. The Balaban J connectivity index is 1.38. The molecule has 1 saturated carbocycles. The first kappa shape index (κ1) is 24.3. The van der Waals surface area contributed by atoms with Gasteiger partial charge in [-0.1, -0.05) is 37.8 Å². The first-order chi connectivity index (χ1) is 17.0. The van der Waals surface area contributed by atoms with Crippen molar-refractivity contribution < 1.29 is 19.1 Å². The highest BCUT2D eigenvalue weighted by molar-refractivity contribution is 5.94. The minimum absolute atomic E-state index is 0.0389. The van der Waals surface area contributed by atoms with Crippen molar-refractivity contribution in [1.29, 1.82) is 0 Å². The van der Waals surface area contributed by atoms with E-state index in [9.17, 15) is 14.4 Å². The Morgan fingerprint density at radius 3 is 2.60 bits per heavy atom. The predicted octanol–water partition coefficient (Wildman–Crippen LogP) is 3.08. The maximum absolute atomic E-state index is 12.9. The smallest absolute Gasteiger partial charge is 0.268 e. The van der Waals surface area contributed by atoms with Crippen molar-refractivity contribution >= 4 is 29.1 Å². The summed E-state index contributed by atoms with van der Waals surface area (Å²) in [6.45, 7) is 0.441. The molecule has 1 aliphatic rings. The van der Waals surface area contributed by atoms with Crippen LogP contribution in [0.3, 0.4) is 0 Å². The van der Waals surface area contributed by atoms with Gasteiger partial charge in [-0.3, -0.25) is 18.8 Å². The molecule has 4 rings (SSSR count). The predicted molar refractivity (Wildman–Crippen MR) is 132 cm³/mol. The number of nitrogens with two attached hydrogens (primary N) is 1. The summed E-state index contributed by atoms with van der Waals surface area (Å²) in [4.78, 5) is 40.9. The van der Waals surface area contributed by atoms with Gasteiger partial charge in [-0.2, -0.15) is 0 Å². The molecule has 1 aliphatic carbocycles. The molecule has 0 saturated heterocycles. The quantitative estimate of drug-likeness (QED) is 0.408. The number of anilines is 1. The summed E-state index contributed by atoms with van der Waals surface area (Å²) >= 11 is 0. The summed E-state index contributed by atoms with van der Waals surface area (Å²) in [7, 11) is 0. The van der Waals surface area contributed by atoms with Crippen LogP contribution >= 0.6 is 0 Å². The van der Waals surface area contributed by atoms with Gasteiger partial charge in [0.2, 0.25) is 5.91 Å². The fraction of sp³-hybridized carbons (Fsp3) is 0.385. The maximum atomic E-state index is 12.9. The molecule has 0 atom stereocenters. The van der Waals surface area contributed by atoms with Gasteiger partial charge >= 0.3 is 0 Å². The van der Waals surface area contributed by atoms with E-state index in [0.717, 1.165) is 12.8 Å². The molecule has 184 valence electrons. The number of hydrogen-bond acceptors (Lipinski definition) is 5. The molecule has 0 aliphatic heterocycles. The third-order valence-corrected chi connectivity index (χ3v) is 6.14. The second kappa shape index (κ2) is 11.5. The zero-order valence-corrected chi connectivity index (χ0v) is 19.7. The van der Waals surface area contributed by atoms with Crippen molar-refractivity contribution in [2.24, 2.45) is 11.7 Å². The number of imidazole rings is 1. The van der Waals surface area contributed by atoms with E-state index in [-0.39, 0.29) is 24.8 Å². The van der Waals surface area contributed by atoms with E-state index < -0.39 is 5.91 Å². The molecule has 3 amide bonds. The van der Waals surface area contributed by atoms with Crippen LogP contribution in [0.1, 0.15) is 54.7 Å². The van der Waals surface area contributed by atoms with Gasteiger partial charge in [0.15, 0.2) is 6.61 Å². The van der Waals surface area contributed by atoms with E-state index in [1.165, 1.54) is 25.7 Å². The van der Waals surface area contributed by atoms with Crippen molar-refractivity contribution in [3.63, 3.8) is 0 Å². The Morgan fingerprint density at radius 1 is 1.06 bits per heavy atom. The molecule has 0 radical (unpaired) electrons. The zero-order chi connectivity index (χ0) is 24.6. The van der Waals surface area contributed by atoms with Gasteiger partial charge < -0.3 is 21.1 Å². The molecule has 2 heterocycles. The van der Waals surface area contributed by atoms with Crippen molar-refractivity contribution in [2.45, 2.75) is 44.9 Å². The van der Waals surface area contributed by atoms with Gasteiger partial charge in [0.05, 0.1) is 12.1 Å². The summed E-state index contributed by atoms with van der Waals surface area (Å²) in [5, 5.41) is 5.88. The van der Waals surface area contributed by atoms with Crippen LogP contribution < -0.4 is 21.1 Å². The Labute approximate surface area is 204 Å². The SMILES string of the molecule is NC(=O)COc1cccc(NC(=O)Cc2cn3c(C(=O)NCC4CCCCCC4)cccc3n2)c1. The lowest BCUT2D eigenvalue weighted by Crippen LogP contribution is -2.30. The number of aromatic nitrogens is 2. The molecule has 0 bridgehead atoms. The van der Waals surface area contributed by atoms with E-state index in [4.69, 9.17) is 10.5 Å². The highest BCUT2D eigenvalue weighted by Crippen LogP contribution is 2.22. The second-order valence-electron chi connectivity index (χ2n) is 8.95. The van der Waals surface area contributed by atoms with Gasteiger partial charge in [0.25, 0.3) is 11.8 Å². The fourth-order valence-corrected chi connectivity index (χ4v) is 4.41. The number of ether oxygens (including phenoxy) is 1. The van der Waals surface area contributed by atoms with E-state index in [1.807, 2.05) is 6.07 Å². The molecule has 9 heteroatoms. The molecule has 1 aromatic carbocycles. The number of pyridine rings is 1. The number of primary amides is 1. The summed E-state index contributed by atoms with van der Waals surface area (Å²) in [5.41, 5.74) is 7.27. The highest BCUT2D eigenvalue weighted by atomic mass is 16.5. The molecule has 35 heavy (non-hydrogen) atoms. The number of carbonyl (C=O) groups excluding carboxylic acids is 3.